The van der Waals surface area contributed by atoms with E-state index in [0.717, 1.165) is 12.1 Å². The van der Waals surface area contributed by atoms with Crippen molar-refractivity contribution in [2.75, 3.05) is 0 Å². The number of nitrogens with one attached hydrogen (secondary N) is 3. The molecule has 2 aromatic rings. The van der Waals surface area contributed by atoms with Crippen LogP contribution in [0.2, 0.25) is 5.02 Å². The zero-order chi connectivity index (χ0) is 21.8. The first-order valence-corrected chi connectivity index (χ1v) is 10.2. The third-order valence-corrected chi connectivity index (χ3v) is 5.57. The molecule has 0 aromatic heterocycles. The number of hydrazine groups is 1. The van der Waals surface area contributed by atoms with Gasteiger partial charge in [-0.1, -0.05) is 37.6 Å². The van der Waals surface area contributed by atoms with Gasteiger partial charge < -0.3 is 5.11 Å². The molecule has 2 amide bonds. The lowest BCUT2D eigenvalue weighted by atomic mass is 10.1. The van der Waals surface area contributed by atoms with Crippen molar-refractivity contribution in [1.82, 2.24) is 15.6 Å². The number of phenolic OH excluding ortho intramolecular Hbond substituents is 1. The van der Waals surface area contributed by atoms with E-state index in [4.69, 9.17) is 11.6 Å². The van der Waals surface area contributed by atoms with Crippen molar-refractivity contribution < 1.29 is 27.5 Å². The Morgan fingerprint density at radius 2 is 1.76 bits per heavy atom. The van der Waals surface area contributed by atoms with Crippen molar-refractivity contribution in [3.63, 3.8) is 0 Å². The molecule has 1 atom stereocenters. The topological polar surface area (TPSA) is 125 Å². The first kappa shape index (κ1) is 22.6. The molecule has 0 fully saturated rings. The monoisotopic (exact) mass is 443 g/mol. The van der Waals surface area contributed by atoms with Crippen LogP contribution in [0.15, 0.2) is 47.4 Å². The van der Waals surface area contributed by atoms with Gasteiger partial charge in [0.2, 0.25) is 10.0 Å². The first-order valence-electron chi connectivity index (χ1n) is 8.38. The van der Waals surface area contributed by atoms with E-state index in [1.165, 1.54) is 30.3 Å². The summed E-state index contributed by atoms with van der Waals surface area (Å²) in [5.41, 5.74) is 3.97. The molecule has 8 nitrogen and oxygen atoms in total. The van der Waals surface area contributed by atoms with Gasteiger partial charge in [0.05, 0.1) is 5.56 Å². The van der Waals surface area contributed by atoms with E-state index < -0.39 is 44.5 Å². The SMILES string of the molecule is CC(C)[C@H](NS(=O)(=O)c1ccccc1F)C(=O)NNC(=O)c1cc(Cl)ccc1O. The highest BCUT2D eigenvalue weighted by molar-refractivity contribution is 7.89. The van der Waals surface area contributed by atoms with E-state index in [-0.39, 0.29) is 16.3 Å². The Morgan fingerprint density at radius 3 is 2.38 bits per heavy atom. The molecule has 2 aromatic carbocycles. The zero-order valence-electron chi connectivity index (χ0n) is 15.4. The average Bonchev–Trinajstić information content (AvgIpc) is 2.65. The molecule has 0 saturated heterocycles. The van der Waals surface area contributed by atoms with E-state index in [2.05, 4.69) is 15.6 Å². The molecule has 0 aliphatic heterocycles. The van der Waals surface area contributed by atoms with Crippen LogP contribution in [0.1, 0.15) is 24.2 Å². The summed E-state index contributed by atoms with van der Waals surface area (Å²) in [6, 6.07) is 7.19. The van der Waals surface area contributed by atoms with E-state index in [9.17, 15) is 27.5 Å². The maximum atomic E-state index is 13.8. The number of sulfonamides is 1. The van der Waals surface area contributed by atoms with E-state index >= 15 is 0 Å². The minimum absolute atomic E-state index is 0.189. The molecule has 0 spiro atoms. The van der Waals surface area contributed by atoms with Crippen molar-refractivity contribution in [2.24, 2.45) is 5.92 Å². The van der Waals surface area contributed by atoms with Crippen molar-refractivity contribution in [1.29, 1.82) is 0 Å². The summed E-state index contributed by atoms with van der Waals surface area (Å²) in [7, 11) is -4.34. The van der Waals surface area contributed by atoms with Gasteiger partial charge in [-0.3, -0.25) is 20.4 Å². The maximum absolute atomic E-state index is 13.8. The predicted molar refractivity (Wildman–Crippen MR) is 104 cm³/mol. The van der Waals surface area contributed by atoms with Crippen LogP contribution in [0.3, 0.4) is 0 Å². The van der Waals surface area contributed by atoms with E-state index in [1.807, 2.05) is 0 Å². The van der Waals surface area contributed by atoms with Crippen molar-refractivity contribution >= 4 is 33.4 Å². The second-order valence-electron chi connectivity index (χ2n) is 6.38. The Morgan fingerprint density at radius 1 is 1.10 bits per heavy atom. The number of rotatable bonds is 6. The number of carbonyl (C=O) groups is 2. The normalized spacial score (nSPS) is 12.4. The highest BCUT2D eigenvalue weighted by Gasteiger charge is 2.30. The predicted octanol–water partition coefficient (Wildman–Crippen LogP) is 1.95. The quantitative estimate of drug-likeness (QED) is 0.508. The molecule has 0 aliphatic carbocycles. The highest BCUT2D eigenvalue weighted by atomic mass is 35.5. The first-order chi connectivity index (χ1) is 13.5. The molecule has 0 unspecified atom stereocenters. The Bertz CT molecular complexity index is 1030. The molecular weight excluding hydrogens is 425 g/mol. The number of hydrogen-bond acceptors (Lipinski definition) is 5. The number of benzene rings is 2. The van der Waals surface area contributed by atoms with Crippen LogP contribution >= 0.6 is 11.6 Å². The summed E-state index contributed by atoms with van der Waals surface area (Å²) in [6.07, 6.45) is 0. The second-order valence-corrected chi connectivity index (χ2v) is 8.50. The Balaban J connectivity index is 2.13. The summed E-state index contributed by atoms with van der Waals surface area (Å²) >= 11 is 5.77. The number of aromatic hydroxyl groups is 1. The summed E-state index contributed by atoms with van der Waals surface area (Å²) in [5, 5.41) is 9.91. The van der Waals surface area contributed by atoms with Gasteiger partial charge in [0.15, 0.2) is 0 Å². The molecule has 2 rings (SSSR count). The lowest BCUT2D eigenvalue weighted by molar-refractivity contribution is -0.124. The van der Waals surface area contributed by atoms with Crippen molar-refractivity contribution in [2.45, 2.75) is 24.8 Å². The zero-order valence-corrected chi connectivity index (χ0v) is 17.0. The molecule has 0 aliphatic rings. The van der Waals surface area contributed by atoms with Crippen molar-refractivity contribution in [3.8, 4) is 5.75 Å². The van der Waals surface area contributed by atoms with Crippen LogP contribution in [0.25, 0.3) is 0 Å². The maximum Gasteiger partial charge on any atom is 0.273 e. The van der Waals surface area contributed by atoms with Gasteiger partial charge in [-0.25, -0.2) is 12.8 Å². The van der Waals surface area contributed by atoms with Crippen LogP contribution in [-0.4, -0.2) is 31.4 Å². The number of hydrogen-bond donors (Lipinski definition) is 4. The molecular formula is C18H19ClFN3O5S. The van der Waals surface area contributed by atoms with Crippen molar-refractivity contribution in [3.05, 3.63) is 58.9 Å². The summed E-state index contributed by atoms with van der Waals surface area (Å²) in [4.78, 5) is 24.0. The number of amides is 2. The van der Waals surface area contributed by atoms with Gasteiger partial charge in [0.1, 0.15) is 22.5 Å². The van der Waals surface area contributed by atoms with E-state index in [0.29, 0.717) is 0 Å². The molecule has 0 saturated carbocycles. The lowest BCUT2D eigenvalue weighted by Crippen LogP contribution is -2.54. The Hall–Kier alpha value is -2.69. The molecule has 11 heteroatoms. The van der Waals surface area contributed by atoms with Crippen LogP contribution in [0, 0.1) is 11.7 Å². The van der Waals surface area contributed by atoms with Gasteiger partial charge in [0.25, 0.3) is 11.8 Å². The molecule has 29 heavy (non-hydrogen) atoms. The van der Waals surface area contributed by atoms with Gasteiger partial charge in [0, 0.05) is 5.02 Å². The minimum atomic E-state index is -4.34. The van der Waals surface area contributed by atoms with Gasteiger partial charge in [-0.15, -0.1) is 0 Å². The Labute approximate surface area is 172 Å². The molecule has 4 N–H and O–H groups in total. The van der Waals surface area contributed by atoms with Crippen LogP contribution in [0.4, 0.5) is 4.39 Å². The third kappa shape index (κ3) is 5.66. The highest BCUT2D eigenvalue weighted by Crippen LogP contribution is 2.21. The fourth-order valence-corrected chi connectivity index (χ4v) is 3.93. The van der Waals surface area contributed by atoms with Crippen LogP contribution in [0.5, 0.6) is 5.75 Å². The summed E-state index contributed by atoms with van der Waals surface area (Å²) in [6.45, 7) is 3.14. The largest absolute Gasteiger partial charge is 0.507 e. The number of phenols is 1. The summed E-state index contributed by atoms with van der Waals surface area (Å²) < 4.78 is 40.9. The van der Waals surface area contributed by atoms with Crippen LogP contribution < -0.4 is 15.6 Å². The minimum Gasteiger partial charge on any atom is -0.507 e. The number of halogens is 2. The smallest absolute Gasteiger partial charge is 0.273 e. The fourth-order valence-electron chi connectivity index (χ4n) is 2.34. The lowest BCUT2D eigenvalue weighted by Gasteiger charge is -2.22. The molecule has 0 bridgehead atoms. The third-order valence-electron chi connectivity index (χ3n) is 3.86. The van der Waals surface area contributed by atoms with Gasteiger partial charge in [-0.05, 0) is 36.2 Å². The molecule has 156 valence electrons. The summed E-state index contributed by atoms with van der Waals surface area (Å²) in [5.74, 6) is -3.60. The van der Waals surface area contributed by atoms with Gasteiger partial charge >= 0.3 is 0 Å². The second kappa shape index (κ2) is 9.21. The van der Waals surface area contributed by atoms with E-state index in [1.54, 1.807) is 13.8 Å². The Kier molecular flexibility index (Phi) is 7.17. The van der Waals surface area contributed by atoms with Crippen LogP contribution in [-0.2, 0) is 14.8 Å². The number of carbonyl (C=O) groups excluding carboxylic acids is 2. The average molecular weight is 444 g/mol. The molecule has 0 radical (unpaired) electrons. The van der Waals surface area contributed by atoms with Gasteiger partial charge in [-0.2, -0.15) is 4.72 Å². The molecule has 0 heterocycles. The fraction of sp³-hybridized carbons (Fsp3) is 0.222. The standard InChI is InChI=1S/C18H19ClFN3O5S/c1-10(2)16(23-29(27,28)15-6-4-3-5-13(15)20)18(26)22-21-17(25)12-9-11(19)7-8-14(12)24/h3-10,16,23-24H,1-2H3,(H,21,25)(H,22,26)/t16-/m0/s1.